The smallest absolute Gasteiger partial charge is 0.104 e. The summed E-state index contributed by atoms with van der Waals surface area (Å²) in [5.74, 6) is 11.1. The first-order valence-electron chi connectivity index (χ1n) is 4.66. The third kappa shape index (κ3) is 4.33. The Hall–Kier alpha value is -1.74. The second-order valence-corrected chi connectivity index (χ2v) is 2.82. The Morgan fingerprint density at radius 1 is 1.00 bits per heavy atom. The molecule has 0 radical (unpaired) electrons. The molecule has 0 unspecified atom stereocenters. The number of hydrogen-bond donors (Lipinski definition) is 2. The van der Waals surface area contributed by atoms with Gasteiger partial charge >= 0.3 is 0 Å². The van der Waals surface area contributed by atoms with Crippen molar-refractivity contribution in [3.63, 3.8) is 0 Å². The van der Waals surface area contributed by atoms with Crippen LogP contribution in [0.15, 0.2) is 24.3 Å². The monoisotopic (exact) mass is 200 g/mol. The molecule has 0 bridgehead atoms. The molecule has 0 fully saturated rings. The Bertz CT molecular complexity index is 427. The van der Waals surface area contributed by atoms with Gasteiger partial charge in [-0.05, 0) is 18.2 Å². The summed E-state index contributed by atoms with van der Waals surface area (Å²) in [7, 11) is 0. The number of aliphatic hydroxyl groups excluding tert-OH is 2. The predicted molar refractivity (Wildman–Crippen MR) is 59.0 cm³/mol. The van der Waals surface area contributed by atoms with Crippen molar-refractivity contribution in [1.82, 2.24) is 0 Å². The first-order valence-corrected chi connectivity index (χ1v) is 4.66. The average Bonchev–Trinajstić information content (AvgIpc) is 2.27. The zero-order valence-corrected chi connectivity index (χ0v) is 8.33. The average molecular weight is 200 g/mol. The Morgan fingerprint density at radius 3 is 2.27 bits per heavy atom. The summed E-state index contributed by atoms with van der Waals surface area (Å²) in [6.45, 7) is -0.0581. The van der Waals surface area contributed by atoms with Crippen LogP contribution in [0.5, 0.6) is 0 Å². The van der Waals surface area contributed by atoms with E-state index in [4.69, 9.17) is 10.2 Å². The second-order valence-electron chi connectivity index (χ2n) is 2.82. The highest BCUT2D eigenvalue weighted by Gasteiger charge is 1.88. The maximum Gasteiger partial charge on any atom is 0.104 e. The summed E-state index contributed by atoms with van der Waals surface area (Å²) in [4.78, 5) is 0. The summed E-state index contributed by atoms with van der Waals surface area (Å²) in [5.41, 5.74) is 1.70. The van der Waals surface area contributed by atoms with Gasteiger partial charge in [0.25, 0.3) is 0 Å². The summed E-state index contributed by atoms with van der Waals surface area (Å²) in [6, 6.07) is 7.46. The van der Waals surface area contributed by atoms with Crippen molar-refractivity contribution in [2.75, 3.05) is 13.2 Å². The van der Waals surface area contributed by atoms with Crippen LogP contribution in [-0.2, 0) is 0 Å². The molecule has 2 nitrogen and oxygen atoms in total. The van der Waals surface area contributed by atoms with E-state index in [9.17, 15) is 0 Å². The lowest BCUT2D eigenvalue weighted by Gasteiger charge is -1.91. The maximum atomic E-state index is 8.56. The van der Waals surface area contributed by atoms with E-state index in [2.05, 4.69) is 23.7 Å². The number of rotatable bonds is 1. The molecule has 0 heterocycles. The molecule has 0 aliphatic rings. The van der Waals surface area contributed by atoms with E-state index in [1.807, 2.05) is 24.3 Å². The van der Waals surface area contributed by atoms with Crippen molar-refractivity contribution < 1.29 is 10.2 Å². The van der Waals surface area contributed by atoms with Crippen LogP contribution < -0.4 is 0 Å². The van der Waals surface area contributed by atoms with Gasteiger partial charge in [-0.15, -0.1) is 0 Å². The van der Waals surface area contributed by atoms with Crippen LogP contribution in [0.3, 0.4) is 0 Å². The Balaban J connectivity index is 2.80. The van der Waals surface area contributed by atoms with Gasteiger partial charge in [0.15, 0.2) is 0 Å². The number of benzene rings is 1. The quantitative estimate of drug-likeness (QED) is 0.657. The topological polar surface area (TPSA) is 40.5 Å². The molecule has 0 amide bonds. The highest BCUT2D eigenvalue weighted by Crippen LogP contribution is 2.02. The van der Waals surface area contributed by atoms with E-state index < -0.39 is 0 Å². The molecule has 76 valence electrons. The number of hydrogen-bond acceptors (Lipinski definition) is 2. The molecule has 0 saturated heterocycles. The molecule has 15 heavy (non-hydrogen) atoms. The maximum absolute atomic E-state index is 8.56. The third-order valence-corrected chi connectivity index (χ3v) is 1.64. The molecular formula is C13H12O2. The first-order chi connectivity index (χ1) is 7.36. The van der Waals surface area contributed by atoms with Gasteiger partial charge in [0.2, 0.25) is 0 Å². The molecule has 0 saturated carbocycles. The van der Waals surface area contributed by atoms with E-state index >= 15 is 0 Å². The van der Waals surface area contributed by atoms with Gasteiger partial charge in [-0.25, -0.2) is 0 Å². The largest absolute Gasteiger partial charge is 0.395 e. The van der Waals surface area contributed by atoms with Crippen LogP contribution in [0.4, 0.5) is 0 Å². The molecule has 0 aliphatic carbocycles. The summed E-state index contributed by atoms with van der Waals surface area (Å²) < 4.78 is 0. The first kappa shape index (κ1) is 11.3. The van der Waals surface area contributed by atoms with Gasteiger partial charge in [0.1, 0.15) is 6.61 Å². The van der Waals surface area contributed by atoms with E-state index in [0.717, 1.165) is 11.1 Å². The molecule has 0 aromatic heterocycles. The van der Waals surface area contributed by atoms with Crippen LogP contribution in [0.1, 0.15) is 17.5 Å². The lowest BCUT2D eigenvalue weighted by Crippen LogP contribution is -1.81. The zero-order chi connectivity index (χ0) is 10.9. The molecule has 0 spiro atoms. The minimum atomic E-state index is -0.138. The van der Waals surface area contributed by atoms with Gasteiger partial charge in [0, 0.05) is 17.5 Å². The fourth-order valence-electron chi connectivity index (χ4n) is 1.04. The molecule has 2 N–H and O–H groups in total. The standard InChI is InChI=1S/C13H12O2/c14-9-2-1-5-12-6-3-7-13(11-12)8-4-10-15/h3,6-7,11,14-15H,2,9-10H2. The van der Waals surface area contributed by atoms with E-state index in [1.54, 1.807) is 0 Å². The molecule has 0 aliphatic heterocycles. The van der Waals surface area contributed by atoms with Crippen LogP contribution in [-0.4, -0.2) is 23.4 Å². The van der Waals surface area contributed by atoms with Crippen LogP contribution in [0, 0.1) is 23.7 Å². The molecule has 0 atom stereocenters. The van der Waals surface area contributed by atoms with Crippen molar-refractivity contribution in [3.8, 4) is 23.7 Å². The lowest BCUT2D eigenvalue weighted by atomic mass is 10.1. The Kier molecular flexibility index (Phi) is 5.04. The molecule has 2 heteroatoms. The van der Waals surface area contributed by atoms with Gasteiger partial charge in [-0.3, -0.25) is 0 Å². The summed E-state index contributed by atoms with van der Waals surface area (Å²) in [6.07, 6.45) is 0.479. The van der Waals surface area contributed by atoms with Crippen molar-refractivity contribution in [3.05, 3.63) is 35.4 Å². The van der Waals surface area contributed by atoms with E-state index in [1.165, 1.54) is 0 Å². The highest BCUT2D eigenvalue weighted by atomic mass is 16.3. The predicted octanol–water partition coefficient (Wildman–Crippen LogP) is 0.764. The SMILES string of the molecule is OCC#Cc1cccc(C#CCCO)c1. The fraction of sp³-hybridized carbons (Fsp3) is 0.231. The van der Waals surface area contributed by atoms with E-state index in [-0.39, 0.29) is 13.2 Å². The van der Waals surface area contributed by atoms with Crippen LogP contribution in [0.2, 0.25) is 0 Å². The second kappa shape index (κ2) is 6.68. The zero-order valence-electron chi connectivity index (χ0n) is 8.33. The fourth-order valence-corrected chi connectivity index (χ4v) is 1.04. The van der Waals surface area contributed by atoms with Gasteiger partial charge < -0.3 is 10.2 Å². The van der Waals surface area contributed by atoms with Crippen molar-refractivity contribution >= 4 is 0 Å². The summed E-state index contributed by atoms with van der Waals surface area (Å²) in [5, 5.41) is 17.1. The van der Waals surface area contributed by atoms with Gasteiger partial charge in [-0.1, -0.05) is 29.7 Å². The highest BCUT2D eigenvalue weighted by molar-refractivity contribution is 5.43. The molecule has 1 rings (SSSR count). The normalized spacial score (nSPS) is 8.40. The van der Waals surface area contributed by atoms with Gasteiger partial charge in [0.05, 0.1) is 6.61 Å². The molecule has 1 aromatic rings. The lowest BCUT2D eigenvalue weighted by molar-refractivity contribution is 0.305. The van der Waals surface area contributed by atoms with E-state index in [0.29, 0.717) is 6.42 Å². The summed E-state index contributed by atoms with van der Waals surface area (Å²) >= 11 is 0. The van der Waals surface area contributed by atoms with Crippen LogP contribution in [0.25, 0.3) is 0 Å². The van der Waals surface area contributed by atoms with Gasteiger partial charge in [-0.2, -0.15) is 0 Å². The Morgan fingerprint density at radius 2 is 1.67 bits per heavy atom. The van der Waals surface area contributed by atoms with Crippen molar-refractivity contribution in [1.29, 1.82) is 0 Å². The minimum absolute atomic E-state index is 0.0804. The van der Waals surface area contributed by atoms with Crippen molar-refractivity contribution in [2.45, 2.75) is 6.42 Å². The van der Waals surface area contributed by atoms with Crippen molar-refractivity contribution in [2.24, 2.45) is 0 Å². The molecular weight excluding hydrogens is 188 g/mol. The van der Waals surface area contributed by atoms with Crippen LogP contribution >= 0.6 is 0 Å². The third-order valence-electron chi connectivity index (χ3n) is 1.64. The minimum Gasteiger partial charge on any atom is -0.395 e. The Labute approximate surface area is 89.6 Å². The molecule has 1 aromatic carbocycles. The number of aliphatic hydroxyl groups is 2.